The number of nitrogens with one attached hydrogen (secondary N) is 1. The van der Waals surface area contributed by atoms with Crippen molar-refractivity contribution in [1.82, 2.24) is 4.98 Å². The Balaban J connectivity index is 2.92. The van der Waals surface area contributed by atoms with Crippen LogP contribution in [-0.2, 0) is 9.59 Å². The molecule has 0 saturated heterocycles. The van der Waals surface area contributed by atoms with Crippen LogP contribution in [0.2, 0.25) is 0 Å². The number of aryl methyl sites for hydroxylation is 1. The van der Waals surface area contributed by atoms with Gasteiger partial charge in [-0.15, -0.1) is 0 Å². The third-order valence-corrected chi connectivity index (χ3v) is 3.32. The number of halogens is 1. The average molecular weight is 313 g/mol. The third-order valence-electron chi connectivity index (χ3n) is 2.49. The highest BCUT2D eigenvalue weighted by Gasteiger charge is 2.13. The van der Waals surface area contributed by atoms with Crippen molar-refractivity contribution in [2.24, 2.45) is 0 Å². The molecule has 18 heavy (non-hydrogen) atoms. The van der Waals surface area contributed by atoms with E-state index in [9.17, 15) is 9.59 Å². The van der Waals surface area contributed by atoms with Gasteiger partial charge in [0.2, 0.25) is 0 Å². The monoisotopic (exact) mass is 312 g/mol. The number of hydrogen-bond acceptors (Lipinski definition) is 3. The molecule has 0 saturated carbocycles. The first-order valence-corrected chi connectivity index (χ1v) is 5.97. The lowest BCUT2D eigenvalue weighted by Crippen LogP contribution is -2.17. The van der Waals surface area contributed by atoms with E-state index in [1.807, 2.05) is 0 Å². The molecule has 0 spiro atoms. The topological polar surface area (TPSA) is 79.3 Å². The van der Waals surface area contributed by atoms with Crippen LogP contribution in [0.3, 0.4) is 0 Å². The van der Waals surface area contributed by atoms with Crippen molar-refractivity contribution < 1.29 is 14.7 Å². The van der Waals surface area contributed by atoms with Gasteiger partial charge in [0, 0.05) is 15.6 Å². The summed E-state index contributed by atoms with van der Waals surface area (Å²) >= 11 is 3.30. The van der Waals surface area contributed by atoms with Crippen LogP contribution in [0.4, 0.5) is 5.82 Å². The van der Waals surface area contributed by atoms with Crippen LogP contribution < -0.4 is 5.32 Å². The van der Waals surface area contributed by atoms with Crippen molar-refractivity contribution >= 4 is 33.6 Å². The van der Waals surface area contributed by atoms with Gasteiger partial charge in [0.05, 0.1) is 5.69 Å². The van der Waals surface area contributed by atoms with E-state index in [-0.39, 0.29) is 11.1 Å². The predicted molar refractivity (Wildman–Crippen MR) is 71.3 cm³/mol. The molecule has 2 N–H and O–H groups in total. The van der Waals surface area contributed by atoms with Crippen molar-refractivity contribution in [3.8, 4) is 0 Å². The number of rotatable bonds is 3. The number of pyridine rings is 1. The van der Waals surface area contributed by atoms with E-state index < -0.39 is 11.9 Å². The predicted octanol–water partition coefficient (Wildman–Crippen LogP) is 2.51. The van der Waals surface area contributed by atoms with Gasteiger partial charge in [0.15, 0.2) is 0 Å². The Morgan fingerprint density at radius 2 is 1.89 bits per heavy atom. The van der Waals surface area contributed by atoms with Gasteiger partial charge < -0.3 is 10.4 Å². The highest BCUT2D eigenvalue weighted by atomic mass is 79.9. The molecule has 0 aliphatic rings. The van der Waals surface area contributed by atoms with Gasteiger partial charge in [0.25, 0.3) is 5.91 Å². The Morgan fingerprint density at radius 1 is 1.28 bits per heavy atom. The fourth-order valence-corrected chi connectivity index (χ4v) is 1.38. The maximum Gasteiger partial charge on any atom is 0.331 e. The second-order valence-corrected chi connectivity index (χ2v) is 4.63. The maximum atomic E-state index is 11.8. The van der Waals surface area contributed by atoms with Crippen molar-refractivity contribution in [3.63, 3.8) is 0 Å². The standard InChI is InChI=1S/C12H13BrN2O3/c1-6(7(2)12(17)18)11(16)15-10-5-4-9(13)8(3)14-10/h4-5H,1-3H3,(H,17,18)(H,14,15,16). The SMILES string of the molecule is CC(C(=O)O)=C(C)C(=O)Nc1ccc(Br)c(C)n1. The maximum absolute atomic E-state index is 11.8. The van der Waals surface area contributed by atoms with E-state index in [0.29, 0.717) is 5.82 Å². The Labute approximate surface area is 113 Å². The summed E-state index contributed by atoms with van der Waals surface area (Å²) in [6, 6.07) is 3.40. The van der Waals surface area contributed by atoms with E-state index in [1.54, 1.807) is 19.1 Å². The second kappa shape index (κ2) is 5.77. The summed E-state index contributed by atoms with van der Waals surface area (Å²) in [5.74, 6) is -1.19. The summed E-state index contributed by atoms with van der Waals surface area (Å²) in [4.78, 5) is 26.7. The summed E-state index contributed by atoms with van der Waals surface area (Å²) in [6.07, 6.45) is 0. The number of aromatic nitrogens is 1. The summed E-state index contributed by atoms with van der Waals surface area (Å²) in [5.41, 5.74) is 0.913. The molecule has 1 aromatic rings. The molecule has 6 heteroatoms. The number of hydrogen-bond donors (Lipinski definition) is 2. The number of anilines is 1. The van der Waals surface area contributed by atoms with E-state index in [1.165, 1.54) is 13.8 Å². The number of carbonyl (C=O) groups is 2. The smallest absolute Gasteiger partial charge is 0.331 e. The summed E-state index contributed by atoms with van der Waals surface area (Å²) in [5, 5.41) is 11.3. The summed E-state index contributed by atoms with van der Waals surface area (Å²) < 4.78 is 0.842. The van der Waals surface area contributed by atoms with Crippen LogP contribution >= 0.6 is 15.9 Å². The van der Waals surface area contributed by atoms with Crippen molar-refractivity contribution in [2.45, 2.75) is 20.8 Å². The summed E-state index contributed by atoms with van der Waals surface area (Å²) in [6.45, 7) is 4.65. The van der Waals surface area contributed by atoms with Gasteiger partial charge in [0.1, 0.15) is 5.82 Å². The molecule has 1 heterocycles. The molecule has 1 rings (SSSR count). The largest absolute Gasteiger partial charge is 0.478 e. The van der Waals surface area contributed by atoms with E-state index in [2.05, 4.69) is 26.2 Å². The van der Waals surface area contributed by atoms with E-state index >= 15 is 0 Å². The Bertz CT molecular complexity index is 538. The fraction of sp³-hybridized carbons (Fsp3) is 0.250. The Morgan fingerprint density at radius 3 is 2.39 bits per heavy atom. The molecule has 0 aromatic carbocycles. The summed E-state index contributed by atoms with van der Waals surface area (Å²) in [7, 11) is 0. The molecule has 5 nitrogen and oxygen atoms in total. The number of carboxylic acids is 1. The van der Waals surface area contributed by atoms with Gasteiger partial charge in [-0.1, -0.05) is 0 Å². The highest BCUT2D eigenvalue weighted by molar-refractivity contribution is 9.10. The van der Waals surface area contributed by atoms with Crippen molar-refractivity contribution in [2.75, 3.05) is 5.32 Å². The van der Waals surface area contributed by atoms with Gasteiger partial charge in [-0.3, -0.25) is 4.79 Å². The second-order valence-electron chi connectivity index (χ2n) is 3.77. The first-order valence-electron chi connectivity index (χ1n) is 5.18. The molecule has 0 bridgehead atoms. The lowest BCUT2D eigenvalue weighted by molar-refractivity contribution is -0.133. The minimum atomic E-state index is -1.11. The molecule has 0 radical (unpaired) electrons. The fourth-order valence-electron chi connectivity index (χ4n) is 1.15. The zero-order chi connectivity index (χ0) is 13.9. The lowest BCUT2D eigenvalue weighted by Gasteiger charge is -2.07. The minimum absolute atomic E-state index is 0.0151. The molecule has 96 valence electrons. The zero-order valence-corrected chi connectivity index (χ0v) is 11.8. The van der Waals surface area contributed by atoms with Gasteiger partial charge in [-0.2, -0.15) is 0 Å². The number of nitrogens with zero attached hydrogens (tertiary/aromatic N) is 1. The van der Waals surface area contributed by atoms with Crippen LogP contribution in [0.5, 0.6) is 0 Å². The van der Waals surface area contributed by atoms with Gasteiger partial charge in [-0.05, 0) is 48.8 Å². The molecule has 0 aliphatic carbocycles. The minimum Gasteiger partial charge on any atom is -0.478 e. The molecule has 0 unspecified atom stereocenters. The quantitative estimate of drug-likeness (QED) is 0.840. The molecule has 0 fully saturated rings. The average Bonchev–Trinajstić information content (AvgIpc) is 2.31. The Hall–Kier alpha value is -1.69. The van der Waals surface area contributed by atoms with E-state index in [4.69, 9.17) is 5.11 Å². The first-order chi connectivity index (χ1) is 8.32. The van der Waals surface area contributed by atoms with Crippen LogP contribution in [0.15, 0.2) is 27.8 Å². The number of carbonyl (C=O) groups excluding carboxylic acids is 1. The molecular weight excluding hydrogens is 300 g/mol. The molecule has 1 amide bonds. The van der Waals surface area contributed by atoms with Crippen molar-refractivity contribution in [3.05, 3.63) is 33.4 Å². The Kier molecular flexibility index (Phi) is 4.61. The zero-order valence-electron chi connectivity index (χ0n) is 10.2. The van der Waals surface area contributed by atoms with Gasteiger partial charge >= 0.3 is 5.97 Å². The number of aliphatic carboxylic acids is 1. The normalized spacial score (nSPS) is 11.8. The van der Waals surface area contributed by atoms with Crippen LogP contribution in [0.25, 0.3) is 0 Å². The molecule has 0 aliphatic heterocycles. The first kappa shape index (κ1) is 14.4. The van der Waals surface area contributed by atoms with Gasteiger partial charge in [-0.25, -0.2) is 9.78 Å². The van der Waals surface area contributed by atoms with Crippen molar-refractivity contribution in [1.29, 1.82) is 0 Å². The number of carboxylic acid groups (broad SMARTS) is 1. The lowest BCUT2D eigenvalue weighted by atomic mass is 10.1. The van der Waals surface area contributed by atoms with E-state index in [0.717, 1.165) is 10.2 Å². The third kappa shape index (κ3) is 3.40. The van der Waals surface area contributed by atoms with Crippen LogP contribution in [0, 0.1) is 6.92 Å². The van der Waals surface area contributed by atoms with Crippen LogP contribution in [0.1, 0.15) is 19.5 Å². The highest BCUT2D eigenvalue weighted by Crippen LogP contribution is 2.17. The van der Waals surface area contributed by atoms with Crippen LogP contribution in [-0.4, -0.2) is 22.0 Å². The number of amides is 1. The molecule has 1 aromatic heterocycles. The molecule has 0 atom stereocenters. The molecular formula is C12H13BrN2O3.